The molecule has 0 aromatic heterocycles. The summed E-state index contributed by atoms with van der Waals surface area (Å²) in [6.45, 7) is 3.50. The Kier molecular flexibility index (Phi) is 4.26. The second-order valence-corrected chi connectivity index (χ2v) is 4.88. The number of ether oxygens (including phenoxy) is 1. The SMILES string of the molecule is COc1cccc(NCC2CCCN(C)C2)c1. The van der Waals surface area contributed by atoms with Crippen molar-refractivity contribution < 1.29 is 4.74 Å². The van der Waals surface area contributed by atoms with Gasteiger partial charge in [0.2, 0.25) is 0 Å². The summed E-state index contributed by atoms with van der Waals surface area (Å²) in [5.41, 5.74) is 1.15. The Balaban J connectivity index is 1.84. The molecule has 2 rings (SSSR count). The molecule has 1 fully saturated rings. The van der Waals surface area contributed by atoms with E-state index in [0.717, 1.165) is 23.9 Å². The number of methoxy groups -OCH3 is 1. The lowest BCUT2D eigenvalue weighted by atomic mass is 9.98. The highest BCUT2D eigenvalue weighted by Gasteiger charge is 2.16. The number of anilines is 1. The van der Waals surface area contributed by atoms with Crippen LogP contribution in [0, 0.1) is 5.92 Å². The third-order valence-corrected chi connectivity index (χ3v) is 3.39. The van der Waals surface area contributed by atoms with Crippen LogP contribution in [0.2, 0.25) is 0 Å². The molecule has 0 radical (unpaired) electrons. The molecule has 1 aliphatic heterocycles. The summed E-state index contributed by atoms with van der Waals surface area (Å²) in [6.07, 6.45) is 2.66. The van der Waals surface area contributed by atoms with Crippen LogP contribution in [0.25, 0.3) is 0 Å². The number of rotatable bonds is 4. The fourth-order valence-electron chi connectivity index (χ4n) is 2.44. The van der Waals surface area contributed by atoms with Crippen LogP contribution >= 0.6 is 0 Å². The smallest absolute Gasteiger partial charge is 0.120 e. The van der Waals surface area contributed by atoms with Crippen molar-refractivity contribution in [3.05, 3.63) is 24.3 Å². The summed E-state index contributed by atoms with van der Waals surface area (Å²) in [4.78, 5) is 2.42. The van der Waals surface area contributed by atoms with Gasteiger partial charge in [0, 0.05) is 24.8 Å². The highest BCUT2D eigenvalue weighted by atomic mass is 16.5. The molecule has 1 saturated heterocycles. The zero-order chi connectivity index (χ0) is 12.1. The molecular weight excluding hydrogens is 212 g/mol. The molecule has 0 spiro atoms. The van der Waals surface area contributed by atoms with Gasteiger partial charge in [-0.15, -0.1) is 0 Å². The van der Waals surface area contributed by atoms with Gasteiger partial charge in [-0.2, -0.15) is 0 Å². The summed E-state index contributed by atoms with van der Waals surface area (Å²) in [5, 5.41) is 3.50. The van der Waals surface area contributed by atoms with Crippen LogP contribution in [-0.4, -0.2) is 38.7 Å². The maximum Gasteiger partial charge on any atom is 0.120 e. The minimum atomic E-state index is 0.764. The van der Waals surface area contributed by atoms with Gasteiger partial charge in [0.05, 0.1) is 7.11 Å². The molecule has 1 atom stereocenters. The molecule has 0 bridgehead atoms. The Bertz CT molecular complexity index is 354. The van der Waals surface area contributed by atoms with Crippen molar-refractivity contribution >= 4 is 5.69 Å². The maximum atomic E-state index is 5.22. The van der Waals surface area contributed by atoms with Crippen LogP contribution in [-0.2, 0) is 0 Å². The predicted octanol–water partition coefficient (Wildman–Crippen LogP) is 2.45. The molecule has 17 heavy (non-hydrogen) atoms. The van der Waals surface area contributed by atoms with Gasteiger partial charge in [0.25, 0.3) is 0 Å². The average molecular weight is 234 g/mol. The predicted molar refractivity (Wildman–Crippen MR) is 71.7 cm³/mol. The van der Waals surface area contributed by atoms with E-state index < -0.39 is 0 Å². The summed E-state index contributed by atoms with van der Waals surface area (Å²) < 4.78 is 5.22. The first kappa shape index (κ1) is 12.2. The molecule has 3 heteroatoms. The number of hydrogen-bond acceptors (Lipinski definition) is 3. The fraction of sp³-hybridized carbons (Fsp3) is 0.571. The van der Waals surface area contributed by atoms with Crippen molar-refractivity contribution in [1.29, 1.82) is 0 Å². The molecule has 1 heterocycles. The van der Waals surface area contributed by atoms with Gasteiger partial charge in [0.1, 0.15) is 5.75 Å². The van der Waals surface area contributed by atoms with Crippen molar-refractivity contribution in [2.24, 2.45) is 5.92 Å². The lowest BCUT2D eigenvalue weighted by Gasteiger charge is -2.30. The normalized spacial score (nSPS) is 21.2. The van der Waals surface area contributed by atoms with Gasteiger partial charge < -0.3 is 15.0 Å². The highest BCUT2D eigenvalue weighted by Crippen LogP contribution is 2.19. The standard InChI is InChI=1S/C14H22N2O/c1-16-8-4-5-12(11-16)10-15-13-6-3-7-14(9-13)17-2/h3,6-7,9,12,15H,4-5,8,10-11H2,1-2H3. The van der Waals surface area contributed by atoms with E-state index in [1.165, 1.54) is 25.9 Å². The molecule has 1 aromatic rings. The van der Waals surface area contributed by atoms with E-state index in [1.807, 2.05) is 18.2 Å². The quantitative estimate of drug-likeness (QED) is 0.866. The molecule has 1 unspecified atom stereocenters. The Morgan fingerprint density at radius 3 is 3.12 bits per heavy atom. The Hall–Kier alpha value is -1.22. The second-order valence-electron chi connectivity index (χ2n) is 4.88. The zero-order valence-corrected chi connectivity index (χ0v) is 10.8. The monoisotopic (exact) mass is 234 g/mol. The molecule has 1 aromatic carbocycles. The van der Waals surface area contributed by atoms with Crippen molar-refractivity contribution in [1.82, 2.24) is 4.90 Å². The van der Waals surface area contributed by atoms with E-state index in [2.05, 4.69) is 23.3 Å². The number of benzene rings is 1. The van der Waals surface area contributed by atoms with E-state index >= 15 is 0 Å². The number of piperidine rings is 1. The van der Waals surface area contributed by atoms with Gasteiger partial charge in [-0.05, 0) is 44.5 Å². The van der Waals surface area contributed by atoms with E-state index in [1.54, 1.807) is 7.11 Å². The van der Waals surface area contributed by atoms with Crippen molar-refractivity contribution in [2.45, 2.75) is 12.8 Å². The maximum absolute atomic E-state index is 5.22. The van der Waals surface area contributed by atoms with Gasteiger partial charge in [0.15, 0.2) is 0 Å². The van der Waals surface area contributed by atoms with Crippen LogP contribution in [0.5, 0.6) is 5.75 Å². The number of hydrogen-bond donors (Lipinski definition) is 1. The third kappa shape index (κ3) is 3.63. The lowest BCUT2D eigenvalue weighted by Crippen LogP contribution is -2.35. The minimum Gasteiger partial charge on any atom is -0.497 e. The van der Waals surface area contributed by atoms with Gasteiger partial charge in [-0.25, -0.2) is 0 Å². The first-order chi connectivity index (χ1) is 8.28. The molecule has 0 aliphatic carbocycles. The highest BCUT2D eigenvalue weighted by molar-refractivity contribution is 5.48. The summed E-state index contributed by atoms with van der Waals surface area (Å²) in [7, 11) is 3.91. The molecule has 0 amide bonds. The average Bonchev–Trinajstić information content (AvgIpc) is 2.37. The van der Waals surface area contributed by atoms with Crippen LogP contribution in [0.3, 0.4) is 0 Å². The van der Waals surface area contributed by atoms with Crippen LogP contribution in [0.1, 0.15) is 12.8 Å². The number of nitrogens with one attached hydrogen (secondary N) is 1. The van der Waals surface area contributed by atoms with Crippen molar-refractivity contribution in [2.75, 3.05) is 39.1 Å². The Morgan fingerprint density at radius 2 is 2.35 bits per heavy atom. The molecule has 1 aliphatic rings. The molecule has 94 valence electrons. The van der Waals surface area contributed by atoms with Gasteiger partial charge >= 0.3 is 0 Å². The van der Waals surface area contributed by atoms with Gasteiger partial charge in [-0.3, -0.25) is 0 Å². The van der Waals surface area contributed by atoms with Crippen molar-refractivity contribution in [3.63, 3.8) is 0 Å². The minimum absolute atomic E-state index is 0.764. The van der Waals surface area contributed by atoms with E-state index in [0.29, 0.717) is 0 Å². The van der Waals surface area contributed by atoms with E-state index in [9.17, 15) is 0 Å². The zero-order valence-electron chi connectivity index (χ0n) is 10.8. The van der Waals surface area contributed by atoms with E-state index in [4.69, 9.17) is 4.74 Å². The molecular formula is C14H22N2O. The molecule has 1 N–H and O–H groups in total. The first-order valence-electron chi connectivity index (χ1n) is 6.34. The molecule has 0 saturated carbocycles. The Morgan fingerprint density at radius 1 is 1.47 bits per heavy atom. The Labute approximate surface area is 104 Å². The van der Waals surface area contributed by atoms with Crippen LogP contribution < -0.4 is 10.1 Å². The summed E-state index contributed by atoms with van der Waals surface area (Å²) >= 11 is 0. The lowest BCUT2D eigenvalue weighted by molar-refractivity contribution is 0.217. The van der Waals surface area contributed by atoms with E-state index in [-0.39, 0.29) is 0 Å². The second kappa shape index (κ2) is 5.92. The number of likely N-dealkylation sites (tertiary alicyclic amines) is 1. The largest absolute Gasteiger partial charge is 0.497 e. The summed E-state index contributed by atoms with van der Waals surface area (Å²) in [5.74, 6) is 1.68. The topological polar surface area (TPSA) is 24.5 Å². The molecule has 3 nitrogen and oxygen atoms in total. The first-order valence-corrected chi connectivity index (χ1v) is 6.34. The van der Waals surface area contributed by atoms with Crippen molar-refractivity contribution in [3.8, 4) is 5.75 Å². The van der Waals surface area contributed by atoms with Crippen LogP contribution in [0.15, 0.2) is 24.3 Å². The van der Waals surface area contributed by atoms with Crippen LogP contribution in [0.4, 0.5) is 5.69 Å². The number of nitrogens with zero attached hydrogens (tertiary/aromatic N) is 1. The fourth-order valence-corrected chi connectivity index (χ4v) is 2.44. The van der Waals surface area contributed by atoms with Gasteiger partial charge in [-0.1, -0.05) is 6.07 Å². The summed E-state index contributed by atoms with van der Waals surface area (Å²) in [6, 6.07) is 8.13. The third-order valence-electron chi connectivity index (χ3n) is 3.39.